The smallest absolute Gasteiger partial charge is 0.0989 e. The van der Waals surface area contributed by atoms with Crippen molar-refractivity contribution in [2.75, 3.05) is 13.6 Å². The normalized spacial score (nSPS) is 12.3. The fraction of sp³-hybridized carbons (Fsp3) is 0.900. The molecular weight excluding hydrogens is 148 g/mol. The Morgan fingerprint density at radius 2 is 1.92 bits per heavy atom. The van der Waals surface area contributed by atoms with Gasteiger partial charge in [-0.05, 0) is 27.2 Å². The highest BCUT2D eigenvalue weighted by atomic mass is 15.2. The molecule has 0 heterocycles. The van der Waals surface area contributed by atoms with E-state index in [2.05, 4.69) is 44.6 Å². The molecule has 0 N–H and O–H groups in total. The van der Waals surface area contributed by atoms with Gasteiger partial charge in [-0.15, -0.1) is 0 Å². The Hall–Kier alpha value is -0.530. The maximum absolute atomic E-state index is 4.58. The summed E-state index contributed by atoms with van der Waals surface area (Å²) in [6, 6.07) is 0.417. The molecule has 0 aromatic rings. The standard InChI is InChI=1S/C10H22N2/c1-6-8-10(11-9(3)4)12(5)7-2/h9H,6-8H2,1-5H3. The third kappa shape index (κ3) is 4.37. The van der Waals surface area contributed by atoms with Gasteiger partial charge in [0.05, 0.1) is 5.84 Å². The highest BCUT2D eigenvalue weighted by Crippen LogP contribution is 2.00. The summed E-state index contributed by atoms with van der Waals surface area (Å²) in [6.45, 7) is 9.65. The topological polar surface area (TPSA) is 15.6 Å². The van der Waals surface area contributed by atoms with Crippen LogP contribution in [0.5, 0.6) is 0 Å². The third-order valence-corrected chi connectivity index (χ3v) is 1.80. The lowest BCUT2D eigenvalue weighted by atomic mass is 10.3. The fourth-order valence-electron chi connectivity index (χ4n) is 1.06. The van der Waals surface area contributed by atoms with E-state index < -0.39 is 0 Å². The van der Waals surface area contributed by atoms with Gasteiger partial charge in [0.2, 0.25) is 0 Å². The molecule has 0 saturated carbocycles. The van der Waals surface area contributed by atoms with Crippen LogP contribution in [0.2, 0.25) is 0 Å². The molecule has 0 aliphatic heterocycles. The maximum atomic E-state index is 4.58. The van der Waals surface area contributed by atoms with Gasteiger partial charge in [-0.3, -0.25) is 4.99 Å². The van der Waals surface area contributed by atoms with Crippen LogP contribution in [0.15, 0.2) is 4.99 Å². The summed E-state index contributed by atoms with van der Waals surface area (Å²) < 4.78 is 0. The summed E-state index contributed by atoms with van der Waals surface area (Å²) in [5.41, 5.74) is 0. The first-order valence-corrected chi connectivity index (χ1v) is 4.89. The molecule has 0 spiro atoms. The summed E-state index contributed by atoms with van der Waals surface area (Å²) in [4.78, 5) is 6.81. The predicted molar refractivity (Wildman–Crippen MR) is 55.8 cm³/mol. The van der Waals surface area contributed by atoms with Gasteiger partial charge in [-0.25, -0.2) is 0 Å². The molecule has 2 nitrogen and oxygen atoms in total. The molecule has 72 valence electrons. The minimum absolute atomic E-state index is 0.417. The molecule has 0 aliphatic carbocycles. The minimum Gasteiger partial charge on any atom is -0.364 e. The summed E-state index contributed by atoms with van der Waals surface area (Å²) in [7, 11) is 2.11. The van der Waals surface area contributed by atoms with E-state index in [1.807, 2.05) is 0 Å². The van der Waals surface area contributed by atoms with Crippen LogP contribution in [-0.4, -0.2) is 30.4 Å². The van der Waals surface area contributed by atoms with Crippen molar-refractivity contribution < 1.29 is 0 Å². The number of amidine groups is 1. The lowest BCUT2D eigenvalue weighted by Crippen LogP contribution is -2.27. The zero-order valence-corrected chi connectivity index (χ0v) is 9.09. The highest BCUT2D eigenvalue weighted by molar-refractivity contribution is 5.82. The second-order valence-corrected chi connectivity index (χ2v) is 3.40. The summed E-state index contributed by atoms with van der Waals surface area (Å²) in [5.74, 6) is 1.25. The lowest BCUT2D eigenvalue weighted by Gasteiger charge is -2.19. The number of nitrogens with zero attached hydrogens (tertiary/aromatic N) is 2. The van der Waals surface area contributed by atoms with Crippen LogP contribution < -0.4 is 0 Å². The first kappa shape index (κ1) is 11.5. The molecule has 0 rings (SSSR count). The number of aliphatic imine (C=N–C) groups is 1. The average Bonchev–Trinajstić information content (AvgIpc) is 2.01. The quantitative estimate of drug-likeness (QED) is 0.467. The molecule has 0 aromatic heterocycles. The van der Waals surface area contributed by atoms with Crippen molar-refractivity contribution in [2.45, 2.75) is 46.6 Å². The second-order valence-electron chi connectivity index (χ2n) is 3.40. The van der Waals surface area contributed by atoms with Gasteiger partial charge in [-0.1, -0.05) is 6.92 Å². The Kier molecular flexibility index (Phi) is 5.77. The van der Waals surface area contributed by atoms with Crippen molar-refractivity contribution in [3.63, 3.8) is 0 Å². The van der Waals surface area contributed by atoms with Crippen molar-refractivity contribution in [1.82, 2.24) is 4.90 Å². The largest absolute Gasteiger partial charge is 0.364 e. The van der Waals surface area contributed by atoms with Gasteiger partial charge in [0.15, 0.2) is 0 Å². The highest BCUT2D eigenvalue weighted by Gasteiger charge is 2.03. The number of hydrogen-bond acceptors (Lipinski definition) is 1. The molecule has 2 heteroatoms. The van der Waals surface area contributed by atoms with E-state index in [9.17, 15) is 0 Å². The van der Waals surface area contributed by atoms with E-state index in [4.69, 9.17) is 0 Å². The molecule has 0 unspecified atom stereocenters. The Bertz CT molecular complexity index is 139. The summed E-state index contributed by atoms with van der Waals surface area (Å²) in [5, 5.41) is 0. The molecular formula is C10H22N2. The van der Waals surface area contributed by atoms with E-state index in [0.717, 1.165) is 13.0 Å². The molecule has 0 radical (unpaired) electrons. The molecule has 0 atom stereocenters. The van der Waals surface area contributed by atoms with Crippen LogP contribution in [0, 0.1) is 0 Å². The van der Waals surface area contributed by atoms with Crippen LogP contribution >= 0.6 is 0 Å². The molecule has 0 saturated heterocycles. The van der Waals surface area contributed by atoms with E-state index in [1.54, 1.807) is 0 Å². The van der Waals surface area contributed by atoms with Crippen molar-refractivity contribution in [3.8, 4) is 0 Å². The van der Waals surface area contributed by atoms with Crippen molar-refractivity contribution in [1.29, 1.82) is 0 Å². The Balaban J connectivity index is 4.20. The van der Waals surface area contributed by atoms with Crippen LogP contribution in [0.4, 0.5) is 0 Å². The van der Waals surface area contributed by atoms with Crippen molar-refractivity contribution >= 4 is 5.84 Å². The average molecular weight is 170 g/mol. The molecule has 0 aromatic carbocycles. The Morgan fingerprint density at radius 3 is 2.25 bits per heavy atom. The van der Waals surface area contributed by atoms with Gasteiger partial charge in [0, 0.05) is 26.1 Å². The van der Waals surface area contributed by atoms with E-state index in [0.29, 0.717) is 6.04 Å². The zero-order chi connectivity index (χ0) is 9.56. The van der Waals surface area contributed by atoms with E-state index in [1.165, 1.54) is 12.3 Å². The summed E-state index contributed by atoms with van der Waals surface area (Å²) >= 11 is 0. The van der Waals surface area contributed by atoms with Gasteiger partial charge in [0.25, 0.3) is 0 Å². The first-order valence-electron chi connectivity index (χ1n) is 4.89. The molecule has 0 amide bonds. The maximum Gasteiger partial charge on any atom is 0.0989 e. The van der Waals surface area contributed by atoms with Gasteiger partial charge in [-0.2, -0.15) is 0 Å². The van der Waals surface area contributed by atoms with Crippen molar-refractivity contribution in [2.24, 2.45) is 4.99 Å². The minimum atomic E-state index is 0.417. The Labute approximate surface area is 76.7 Å². The monoisotopic (exact) mass is 170 g/mol. The van der Waals surface area contributed by atoms with Crippen LogP contribution in [0.25, 0.3) is 0 Å². The molecule has 12 heavy (non-hydrogen) atoms. The van der Waals surface area contributed by atoms with E-state index >= 15 is 0 Å². The van der Waals surface area contributed by atoms with Crippen LogP contribution in [0.1, 0.15) is 40.5 Å². The molecule has 0 aliphatic rings. The third-order valence-electron chi connectivity index (χ3n) is 1.80. The van der Waals surface area contributed by atoms with Crippen LogP contribution in [-0.2, 0) is 0 Å². The summed E-state index contributed by atoms with van der Waals surface area (Å²) in [6.07, 6.45) is 2.28. The van der Waals surface area contributed by atoms with E-state index in [-0.39, 0.29) is 0 Å². The Morgan fingerprint density at radius 1 is 1.33 bits per heavy atom. The number of rotatable bonds is 4. The van der Waals surface area contributed by atoms with Crippen LogP contribution in [0.3, 0.4) is 0 Å². The zero-order valence-electron chi connectivity index (χ0n) is 9.09. The molecule has 0 bridgehead atoms. The molecule has 0 fully saturated rings. The van der Waals surface area contributed by atoms with Crippen molar-refractivity contribution in [3.05, 3.63) is 0 Å². The first-order chi connectivity index (χ1) is 5.61. The lowest BCUT2D eigenvalue weighted by molar-refractivity contribution is 0.513. The SMILES string of the molecule is CCCC(=NC(C)C)N(C)CC. The fourth-order valence-corrected chi connectivity index (χ4v) is 1.06. The van der Waals surface area contributed by atoms with Gasteiger partial charge < -0.3 is 4.90 Å². The van der Waals surface area contributed by atoms with Gasteiger partial charge in [0.1, 0.15) is 0 Å². The second kappa shape index (κ2) is 6.04. The predicted octanol–water partition coefficient (Wildman–Crippen LogP) is 2.55. The van der Waals surface area contributed by atoms with Gasteiger partial charge >= 0.3 is 0 Å². The number of hydrogen-bond donors (Lipinski definition) is 0.